The molecule has 4 heteroatoms. The van der Waals surface area contributed by atoms with E-state index in [-0.39, 0.29) is 0 Å². The number of benzene rings is 2. The van der Waals surface area contributed by atoms with E-state index in [1.54, 1.807) is 6.07 Å². The van der Waals surface area contributed by atoms with Crippen molar-refractivity contribution in [3.05, 3.63) is 58.1 Å². The van der Waals surface area contributed by atoms with E-state index in [9.17, 15) is 4.79 Å². The molecular formula is C16H13ClO2S. The molecule has 2 nitrogen and oxygen atoms in total. The van der Waals surface area contributed by atoms with Crippen LogP contribution in [0.25, 0.3) is 11.1 Å². The molecule has 0 aliphatic carbocycles. The number of aldehydes is 1. The van der Waals surface area contributed by atoms with Crippen molar-refractivity contribution in [3.63, 3.8) is 0 Å². The Morgan fingerprint density at radius 1 is 1.30 bits per heavy atom. The molecule has 0 spiro atoms. The molecule has 102 valence electrons. The average molecular weight is 305 g/mol. The summed E-state index contributed by atoms with van der Waals surface area (Å²) < 4.78 is 5.14. The smallest absolute Gasteiger partial charge is 0.191 e. The Hall–Kier alpha value is -1.71. The lowest BCUT2D eigenvalue weighted by molar-refractivity contribution is 0.112. The third-order valence-corrected chi connectivity index (χ3v) is 3.68. The van der Waals surface area contributed by atoms with E-state index in [4.69, 9.17) is 28.6 Å². The molecule has 0 unspecified atom stereocenters. The highest BCUT2D eigenvalue weighted by molar-refractivity contribution is 7.80. The summed E-state index contributed by atoms with van der Waals surface area (Å²) in [6.07, 6.45) is 0.806. The van der Waals surface area contributed by atoms with Crippen LogP contribution in [0.2, 0.25) is 5.02 Å². The zero-order valence-corrected chi connectivity index (χ0v) is 12.7. The van der Waals surface area contributed by atoms with Gasteiger partial charge in [0.05, 0.1) is 7.11 Å². The van der Waals surface area contributed by atoms with Crippen molar-refractivity contribution in [2.24, 2.45) is 0 Å². The van der Waals surface area contributed by atoms with E-state index >= 15 is 0 Å². The molecule has 0 amide bonds. The van der Waals surface area contributed by atoms with E-state index in [0.717, 1.165) is 23.0 Å². The Bertz CT molecular complexity index is 680. The second-order valence-electron chi connectivity index (χ2n) is 4.37. The van der Waals surface area contributed by atoms with Gasteiger partial charge in [-0.2, -0.15) is 0 Å². The van der Waals surface area contributed by atoms with Gasteiger partial charge in [-0.05, 0) is 48.5 Å². The molecule has 2 rings (SSSR count). The molecule has 0 bridgehead atoms. The molecular weight excluding hydrogens is 292 g/mol. The van der Waals surface area contributed by atoms with Crippen LogP contribution in [0.5, 0.6) is 0 Å². The van der Waals surface area contributed by atoms with E-state index in [1.165, 1.54) is 7.11 Å². The third-order valence-electron chi connectivity index (χ3n) is 2.99. The highest BCUT2D eigenvalue weighted by atomic mass is 35.5. The van der Waals surface area contributed by atoms with Crippen molar-refractivity contribution in [3.8, 4) is 11.1 Å². The number of methoxy groups -OCH3 is 1. The SMILES string of the molecule is COC(=S)c1ccccc1-c1c(Cl)cc(C)cc1C=O. The lowest BCUT2D eigenvalue weighted by Crippen LogP contribution is -2.03. The summed E-state index contributed by atoms with van der Waals surface area (Å²) in [4.78, 5) is 11.3. The number of ether oxygens (including phenoxy) is 1. The van der Waals surface area contributed by atoms with E-state index < -0.39 is 0 Å². The number of thiocarbonyl (C=S) groups is 1. The van der Waals surface area contributed by atoms with E-state index in [0.29, 0.717) is 21.2 Å². The normalized spacial score (nSPS) is 10.2. The zero-order chi connectivity index (χ0) is 14.7. The first-order chi connectivity index (χ1) is 9.58. The topological polar surface area (TPSA) is 26.3 Å². The molecule has 2 aromatic rings. The van der Waals surface area contributed by atoms with Crippen molar-refractivity contribution in [2.45, 2.75) is 6.92 Å². The summed E-state index contributed by atoms with van der Waals surface area (Å²) in [6, 6.07) is 11.1. The largest absolute Gasteiger partial charge is 0.486 e. The van der Waals surface area contributed by atoms with Crippen molar-refractivity contribution < 1.29 is 9.53 Å². The fourth-order valence-corrected chi connectivity index (χ4v) is 2.70. The molecule has 0 saturated carbocycles. The zero-order valence-electron chi connectivity index (χ0n) is 11.1. The number of halogens is 1. The third kappa shape index (κ3) is 2.74. The molecule has 20 heavy (non-hydrogen) atoms. The number of carbonyl (C=O) groups excluding carboxylic acids is 1. The number of carbonyl (C=O) groups is 1. The first kappa shape index (κ1) is 14.7. The molecule has 0 aliphatic heterocycles. The van der Waals surface area contributed by atoms with Crippen LogP contribution in [-0.4, -0.2) is 18.4 Å². The summed E-state index contributed by atoms with van der Waals surface area (Å²) in [5, 5.41) is 0.896. The molecule has 0 aliphatic rings. The average Bonchev–Trinajstić information content (AvgIpc) is 2.45. The highest BCUT2D eigenvalue weighted by Crippen LogP contribution is 2.34. The first-order valence-electron chi connectivity index (χ1n) is 6.01. The van der Waals surface area contributed by atoms with Gasteiger partial charge in [0.25, 0.3) is 0 Å². The Balaban J connectivity index is 2.75. The Morgan fingerprint density at radius 3 is 2.65 bits per heavy atom. The van der Waals surface area contributed by atoms with Crippen LogP contribution in [0, 0.1) is 6.92 Å². The lowest BCUT2D eigenvalue weighted by Gasteiger charge is -2.14. The molecule has 0 fully saturated rings. The van der Waals surface area contributed by atoms with Crippen LogP contribution >= 0.6 is 23.8 Å². The van der Waals surface area contributed by atoms with Crippen molar-refractivity contribution in [1.29, 1.82) is 0 Å². The quantitative estimate of drug-likeness (QED) is 0.619. The second-order valence-corrected chi connectivity index (χ2v) is 5.14. The summed E-state index contributed by atoms with van der Waals surface area (Å²) in [7, 11) is 1.52. The van der Waals surface area contributed by atoms with Gasteiger partial charge in [-0.3, -0.25) is 4.79 Å². The number of hydrogen-bond acceptors (Lipinski definition) is 3. The molecule has 0 N–H and O–H groups in total. The Morgan fingerprint density at radius 2 is 2.00 bits per heavy atom. The second kappa shape index (κ2) is 6.16. The van der Waals surface area contributed by atoms with Crippen LogP contribution in [0.3, 0.4) is 0 Å². The number of rotatable bonds is 3. The molecule has 0 heterocycles. The van der Waals surface area contributed by atoms with Crippen LogP contribution in [0.15, 0.2) is 36.4 Å². The predicted octanol–water partition coefficient (Wildman–Crippen LogP) is 4.45. The minimum absolute atomic E-state index is 0.370. The van der Waals surface area contributed by atoms with Gasteiger partial charge >= 0.3 is 0 Å². The van der Waals surface area contributed by atoms with Crippen LogP contribution in [-0.2, 0) is 4.74 Å². The molecule has 0 radical (unpaired) electrons. The maximum absolute atomic E-state index is 11.3. The van der Waals surface area contributed by atoms with Gasteiger partial charge < -0.3 is 4.74 Å². The van der Waals surface area contributed by atoms with Gasteiger partial charge in [-0.25, -0.2) is 0 Å². The Labute approximate surface area is 128 Å². The predicted molar refractivity (Wildman–Crippen MR) is 85.7 cm³/mol. The van der Waals surface area contributed by atoms with Crippen molar-refractivity contribution >= 4 is 35.2 Å². The number of hydrogen-bond donors (Lipinski definition) is 0. The summed E-state index contributed by atoms with van der Waals surface area (Å²) in [5.74, 6) is 0. The van der Waals surface area contributed by atoms with Gasteiger partial charge in [-0.1, -0.05) is 29.8 Å². The fourth-order valence-electron chi connectivity index (χ4n) is 2.14. The summed E-state index contributed by atoms with van der Waals surface area (Å²) >= 11 is 11.5. The van der Waals surface area contributed by atoms with Crippen molar-refractivity contribution in [1.82, 2.24) is 0 Å². The first-order valence-corrected chi connectivity index (χ1v) is 6.80. The standard InChI is InChI=1S/C16H13ClO2S/c1-10-7-11(9-18)15(14(17)8-10)12-5-3-4-6-13(12)16(20)19-2/h3-9H,1-2H3. The van der Waals surface area contributed by atoms with Gasteiger partial charge in [0.15, 0.2) is 11.3 Å². The van der Waals surface area contributed by atoms with Gasteiger partial charge in [0, 0.05) is 21.7 Å². The lowest BCUT2D eigenvalue weighted by atomic mass is 9.94. The van der Waals surface area contributed by atoms with Crippen LogP contribution in [0.4, 0.5) is 0 Å². The maximum atomic E-state index is 11.3. The minimum Gasteiger partial charge on any atom is -0.486 e. The molecule has 2 aromatic carbocycles. The summed E-state index contributed by atoms with van der Waals surface area (Å²) in [6.45, 7) is 1.90. The van der Waals surface area contributed by atoms with Crippen LogP contribution in [0.1, 0.15) is 21.5 Å². The van der Waals surface area contributed by atoms with E-state index in [2.05, 4.69) is 0 Å². The molecule has 0 aromatic heterocycles. The maximum Gasteiger partial charge on any atom is 0.191 e. The Kier molecular flexibility index (Phi) is 4.53. The highest BCUT2D eigenvalue weighted by Gasteiger charge is 2.16. The fraction of sp³-hybridized carbons (Fsp3) is 0.125. The van der Waals surface area contributed by atoms with Gasteiger partial charge in [-0.15, -0.1) is 0 Å². The van der Waals surface area contributed by atoms with Gasteiger partial charge in [0.2, 0.25) is 0 Å². The summed E-state index contributed by atoms with van der Waals surface area (Å²) in [5.41, 5.74) is 3.71. The van der Waals surface area contributed by atoms with E-state index in [1.807, 2.05) is 37.3 Å². The molecule has 0 atom stereocenters. The minimum atomic E-state index is 0.370. The van der Waals surface area contributed by atoms with Gasteiger partial charge in [0.1, 0.15) is 0 Å². The van der Waals surface area contributed by atoms with Crippen LogP contribution < -0.4 is 0 Å². The monoisotopic (exact) mass is 304 g/mol. The molecule has 0 saturated heterocycles. The van der Waals surface area contributed by atoms with Crippen molar-refractivity contribution in [2.75, 3.05) is 7.11 Å². The number of aryl methyl sites for hydroxylation is 1.